The molecule has 0 heterocycles. The molecule has 0 radical (unpaired) electrons. The van der Waals surface area contributed by atoms with Gasteiger partial charge in [-0.05, 0) is 41.3 Å². The van der Waals surface area contributed by atoms with Gasteiger partial charge in [-0.2, -0.15) is 5.10 Å². The predicted molar refractivity (Wildman–Crippen MR) is 113 cm³/mol. The molecular formula is C21H23N3OS. The Hall–Kier alpha value is -2.79. The Morgan fingerprint density at radius 2 is 1.92 bits per heavy atom. The minimum Gasteiger partial charge on any atom is -0.489 e. The van der Waals surface area contributed by atoms with E-state index >= 15 is 0 Å². The number of rotatable bonds is 9. The fourth-order valence-corrected chi connectivity index (χ4v) is 2.81. The van der Waals surface area contributed by atoms with Gasteiger partial charge in [0.25, 0.3) is 0 Å². The first-order valence-electron chi connectivity index (χ1n) is 8.23. The van der Waals surface area contributed by atoms with Gasteiger partial charge in [0, 0.05) is 5.75 Å². The molecule has 0 aliphatic carbocycles. The second kappa shape index (κ2) is 10.9. The zero-order valence-electron chi connectivity index (χ0n) is 14.7. The summed E-state index contributed by atoms with van der Waals surface area (Å²) >= 11 is 1.46. The fraction of sp³-hybridized carbons (Fsp3) is 0.143. The first-order valence-corrected chi connectivity index (χ1v) is 9.22. The standard InChI is InChI=1S/C21H23N3OS/c1-3-8-19-14-18(11-12-20(19)25-13-4-2)15-23-24-21(22)26-16-17-9-6-5-7-10-17/h3-7,9-12,14-15H,1-2,8,13,16H2,(H2,22,24). The van der Waals surface area contributed by atoms with Crippen molar-refractivity contribution in [3.8, 4) is 5.75 Å². The van der Waals surface area contributed by atoms with Gasteiger partial charge in [0.2, 0.25) is 0 Å². The number of thioether (sulfide) groups is 1. The molecule has 2 aromatic carbocycles. The lowest BCUT2D eigenvalue weighted by atomic mass is 10.1. The third kappa shape index (κ3) is 6.61. The van der Waals surface area contributed by atoms with Crippen molar-refractivity contribution in [2.24, 2.45) is 15.9 Å². The van der Waals surface area contributed by atoms with E-state index in [-0.39, 0.29) is 0 Å². The normalized spacial score (nSPS) is 11.5. The molecule has 5 heteroatoms. The highest BCUT2D eigenvalue weighted by Crippen LogP contribution is 2.21. The third-order valence-corrected chi connectivity index (χ3v) is 4.25. The van der Waals surface area contributed by atoms with E-state index < -0.39 is 0 Å². The van der Waals surface area contributed by atoms with Gasteiger partial charge >= 0.3 is 0 Å². The van der Waals surface area contributed by atoms with Crippen molar-refractivity contribution < 1.29 is 4.74 Å². The second-order valence-corrected chi connectivity index (χ2v) is 6.41. The maximum Gasteiger partial charge on any atom is 0.180 e. The summed E-state index contributed by atoms with van der Waals surface area (Å²) in [7, 11) is 0. The van der Waals surface area contributed by atoms with E-state index in [1.807, 2.05) is 42.5 Å². The third-order valence-electron chi connectivity index (χ3n) is 3.40. The highest BCUT2D eigenvalue weighted by atomic mass is 32.2. The summed E-state index contributed by atoms with van der Waals surface area (Å²) in [6.45, 7) is 7.92. The van der Waals surface area contributed by atoms with Crippen molar-refractivity contribution in [1.82, 2.24) is 0 Å². The molecule has 2 N–H and O–H groups in total. The quantitative estimate of drug-likeness (QED) is 0.307. The lowest BCUT2D eigenvalue weighted by Gasteiger charge is -2.09. The van der Waals surface area contributed by atoms with E-state index in [0.29, 0.717) is 18.2 Å². The first kappa shape index (κ1) is 19.5. The van der Waals surface area contributed by atoms with Crippen molar-refractivity contribution in [2.75, 3.05) is 6.61 Å². The number of allylic oxidation sites excluding steroid dienone is 1. The van der Waals surface area contributed by atoms with Crippen LogP contribution in [0, 0.1) is 0 Å². The summed E-state index contributed by atoms with van der Waals surface area (Å²) < 4.78 is 5.65. The topological polar surface area (TPSA) is 60.0 Å². The van der Waals surface area contributed by atoms with E-state index in [1.165, 1.54) is 17.3 Å². The number of nitrogens with zero attached hydrogens (tertiary/aromatic N) is 2. The van der Waals surface area contributed by atoms with Gasteiger partial charge in [-0.3, -0.25) is 0 Å². The number of amidine groups is 1. The lowest BCUT2D eigenvalue weighted by Crippen LogP contribution is -2.06. The summed E-state index contributed by atoms with van der Waals surface area (Å²) in [4.78, 5) is 0. The molecule has 0 spiro atoms. The molecule has 134 valence electrons. The Kier molecular flexibility index (Phi) is 8.23. The summed E-state index contributed by atoms with van der Waals surface area (Å²) in [5, 5.41) is 8.56. The number of hydrogen-bond donors (Lipinski definition) is 1. The molecule has 0 aliphatic rings. The molecule has 26 heavy (non-hydrogen) atoms. The molecule has 0 saturated heterocycles. The Morgan fingerprint density at radius 3 is 2.65 bits per heavy atom. The van der Waals surface area contributed by atoms with Crippen molar-refractivity contribution in [2.45, 2.75) is 12.2 Å². The molecule has 0 unspecified atom stereocenters. The van der Waals surface area contributed by atoms with Crippen LogP contribution >= 0.6 is 11.8 Å². The number of benzene rings is 2. The highest BCUT2D eigenvalue weighted by molar-refractivity contribution is 8.13. The van der Waals surface area contributed by atoms with Crippen LogP contribution in [0.4, 0.5) is 0 Å². The largest absolute Gasteiger partial charge is 0.489 e. The van der Waals surface area contributed by atoms with Gasteiger partial charge in [0.1, 0.15) is 12.4 Å². The van der Waals surface area contributed by atoms with E-state index in [1.54, 1.807) is 12.3 Å². The number of nitrogens with two attached hydrogens (primary N) is 1. The van der Waals surface area contributed by atoms with Crippen molar-refractivity contribution >= 4 is 23.1 Å². The Balaban J connectivity index is 1.98. The molecule has 0 aliphatic heterocycles. The van der Waals surface area contributed by atoms with Crippen LogP contribution in [0.1, 0.15) is 16.7 Å². The monoisotopic (exact) mass is 365 g/mol. The molecule has 0 fully saturated rings. The molecule has 4 nitrogen and oxygen atoms in total. The second-order valence-electron chi connectivity index (χ2n) is 5.42. The molecule has 2 rings (SSSR count). The maximum atomic E-state index is 5.90. The van der Waals surface area contributed by atoms with E-state index in [4.69, 9.17) is 10.5 Å². The molecule has 0 amide bonds. The van der Waals surface area contributed by atoms with Gasteiger partial charge < -0.3 is 10.5 Å². The average molecular weight is 366 g/mol. The van der Waals surface area contributed by atoms with Crippen molar-refractivity contribution in [3.63, 3.8) is 0 Å². The zero-order chi connectivity index (χ0) is 18.6. The van der Waals surface area contributed by atoms with Gasteiger partial charge in [0.15, 0.2) is 5.17 Å². The van der Waals surface area contributed by atoms with Crippen LogP contribution in [0.5, 0.6) is 5.75 Å². The van der Waals surface area contributed by atoms with Crippen molar-refractivity contribution in [3.05, 3.63) is 90.5 Å². The SMILES string of the molecule is C=CCOc1ccc(C=NN=C(N)SCc2ccccc2)cc1CC=C. The molecule has 2 aromatic rings. The van der Waals surface area contributed by atoms with Gasteiger partial charge in [-0.15, -0.1) is 11.7 Å². The summed E-state index contributed by atoms with van der Waals surface area (Å²) in [5.41, 5.74) is 9.07. The van der Waals surface area contributed by atoms with E-state index in [2.05, 4.69) is 35.5 Å². The summed E-state index contributed by atoms with van der Waals surface area (Å²) in [5.74, 6) is 1.59. The highest BCUT2D eigenvalue weighted by Gasteiger charge is 2.03. The Labute approximate surface area is 159 Å². The molecule has 0 aromatic heterocycles. The van der Waals surface area contributed by atoms with Gasteiger partial charge in [-0.25, -0.2) is 0 Å². The summed E-state index contributed by atoms with van der Waals surface area (Å²) in [6.07, 6.45) is 5.96. The molecule has 0 saturated carbocycles. The van der Waals surface area contributed by atoms with Crippen LogP contribution in [0.15, 0.2) is 84.0 Å². The average Bonchev–Trinajstić information content (AvgIpc) is 2.67. The van der Waals surface area contributed by atoms with E-state index in [9.17, 15) is 0 Å². The maximum absolute atomic E-state index is 5.90. The van der Waals surface area contributed by atoms with Crippen LogP contribution in [0.2, 0.25) is 0 Å². The molecule has 0 atom stereocenters. The van der Waals surface area contributed by atoms with Crippen LogP contribution in [-0.4, -0.2) is 18.0 Å². The van der Waals surface area contributed by atoms with Crippen molar-refractivity contribution in [1.29, 1.82) is 0 Å². The zero-order valence-corrected chi connectivity index (χ0v) is 15.5. The van der Waals surface area contributed by atoms with Gasteiger partial charge in [-0.1, -0.05) is 60.8 Å². The van der Waals surface area contributed by atoms with Crippen LogP contribution in [-0.2, 0) is 12.2 Å². The lowest BCUT2D eigenvalue weighted by molar-refractivity contribution is 0.360. The minimum absolute atomic E-state index is 0.433. The van der Waals surface area contributed by atoms with E-state index in [0.717, 1.165) is 22.6 Å². The first-order chi connectivity index (χ1) is 12.7. The number of hydrogen-bond acceptors (Lipinski definition) is 4. The molecular weight excluding hydrogens is 342 g/mol. The molecule has 0 bridgehead atoms. The van der Waals surface area contributed by atoms with Gasteiger partial charge in [0.05, 0.1) is 6.21 Å². The van der Waals surface area contributed by atoms with Crippen LogP contribution < -0.4 is 10.5 Å². The minimum atomic E-state index is 0.433. The van der Waals surface area contributed by atoms with Crippen LogP contribution in [0.25, 0.3) is 0 Å². The number of ether oxygens (including phenoxy) is 1. The Bertz CT molecular complexity index is 785. The predicted octanol–water partition coefficient (Wildman–Crippen LogP) is 4.56. The van der Waals surface area contributed by atoms with Crippen LogP contribution in [0.3, 0.4) is 0 Å². The smallest absolute Gasteiger partial charge is 0.180 e. The fourth-order valence-electron chi connectivity index (χ4n) is 2.20. The summed E-state index contributed by atoms with van der Waals surface area (Å²) in [6, 6.07) is 16.0. The Morgan fingerprint density at radius 1 is 1.12 bits per heavy atom.